The van der Waals surface area contributed by atoms with E-state index in [0.717, 1.165) is 31.7 Å². The lowest BCUT2D eigenvalue weighted by Gasteiger charge is -2.09. The van der Waals surface area contributed by atoms with Crippen molar-refractivity contribution in [1.29, 1.82) is 0 Å². The molecular weight excluding hydrogens is 300 g/mol. The third kappa shape index (κ3) is 6.77. The highest BCUT2D eigenvalue weighted by molar-refractivity contribution is 5.85. The van der Waals surface area contributed by atoms with Crippen molar-refractivity contribution in [2.24, 2.45) is 5.92 Å². The Morgan fingerprint density at radius 3 is 2.68 bits per heavy atom. The minimum atomic E-state index is 0. The highest BCUT2D eigenvalue weighted by Gasteiger charge is 2.15. The summed E-state index contributed by atoms with van der Waals surface area (Å²) in [5.41, 5.74) is 2.30. The molecule has 1 atom stereocenters. The lowest BCUT2D eigenvalue weighted by Crippen LogP contribution is -2.23. The van der Waals surface area contributed by atoms with Crippen molar-refractivity contribution in [2.75, 3.05) is 19.7 Å². The minimum Gasteiger partial charge on any atom is -0.377 e. The second-order valence-electron chi connectivity index (χ2n) is 5.63. The number of carbonyl (C=O) groups excluding carboxylic acids is 1. The fraction of sp³-hybridized carbons (Fsp3) is 0.588. The Balaban J connectivity index is 0.00000242. The Labute approximate surface area is 139 Å². The lowest BCUT2D eigenvalue weighted by atomic mass is 10.0. The van der Waals surface area contributed by atoms with Crippen LogP contribution < -0.4 is 10.6 Å². The number of nitrogens with one attached hydrogen (secondary N) is 2. The molecule has 2 rings (SSSR count). The van der Waals surface area contributed by atoms with Gasteiger partial charge >= 0.3 is 0 Å². The van der Waals surface area contributed by atoms with Gasteiger partial charge in [-0.2, -0.15) is 0 Å². The van der Waals surface area contributed by atoms with E-state index >= 15 is 0 Å². The summed E-state index contributed by atoms with van der Waals surface area (Å²) in [5, 5.41) is 6.33. The molecule has 1 aromatic carbocycles. The lowest BCUT2D eigenvalue weighted by molar-refractivity contribution is -0.121. The summed E-state index contributed by atoms with van der Waals surface area (Å²) in [6.45, 7) is 6.14. The van der Waals surface area contributed by atoms with E-state index in [9.17, 15) is 4.79 Å². The van der Waals surface area contributed by atoms with Crippen LogP contribution in [0.3, 0.4) is 0 Å². The van der Waals surface area contributed by atoms with Crippen LogP contribution in [-0.2, 0) is 22.7 Å². The van der Waals surface area contributed by atoms with Crippen LogP contribution in [0.4, 0.5) is 0 Å². The van der Waals surface area contributed by atoms with Gasteiger partial charge in [0.05, 0.1) is 6.61 Å². The van der Waals surface area contributed by atoms with E-state index in [1.165, 1.54) is 12.0 Å². The minimum absolute atomic E-state index is 0. The molecule has 0 radical (unpaired) electrons. The van der Waals surface area contributed by atoms with E-state index in [2.05, 4.69) is 34.9 Å². The van der Waals surface area contributed by atoms with E-state index in [4.69, 9.17) is 4.74 Å². The molecule has 1 saturated heterocycles. The molecule has 1 heterocycles. The quantitative estimate of drug-likeness (QED) is 0.772. The molecule has 2 N–H and O–H groups in total. The predicted molar refractivity (Wildman–Crippen MR) is 91.1 cm³/mol. The monoisotopic (exact) mass is 326 g/mol. The van der Waals surface area contributed by atoms with Crippen molar-refractivity contribution in [2.45, 2.75) is 39.3 Å². The topological polar surface area (TPSA) is 50.4 Å². The SMILES string of the molecule is CCOCc1ccc(CNC(=O)CCC2CCNC2)cc1.Cl. The van der Waals surface area contributed by atoms with Gasteiger partial charge in [0.15, 0.2) is 0 Å². The van der Waals surface area contributed by atoms with E-state index in [1.807, 2.05) is 6.92 Å². The second-order valence-corrected chi connectivity index (χ2v) is 5.63. The van der Waals surface area contributed by atoms with Crippen molar-refractivity contribution in [1.82, 2.24) is 10.6 Å². The van der Waals surface area contributed by atoms with E-state index in [1.54, 1.807) is 0 Å². The van der Waals surface area contributed by atoms with Crippen LogP contribution in [0, 0.1) is 5.92 Å². The van der Waals surface area contributed by atoms with Crippen molar-refractivity contribution < 1.29 is 9.53 Å². The van der Waals surface area contributed by atoms with Gasteiger partial charge in [-0.15, -0.1) is 12.4 Å². The summed E-state index contributed by atoms with van der Waals surface area (Å²) < 4.78 is 5.36. The smallest absolute Gasteiger partial charge is 0.220 e. The maximum absolute atomic E-state index is 11.8. The first-order valence-electron chi connectivity index (χ1n) is 7.91. The van der Waals surface area contributed by atoms with Gasteiger partial charge in [0.1, 0.15) is 0 Å². The number of hydrogen-bond acceptors (Lipinski definition) is 3. The van der Waals surface area contributed by atoms with Gasteiger partial charge in [0, 0.05) is 19.6 Å². The molecule has 22 heavy (non-hydrogen) atoms. The zero-order valence-electron chi connectivity index (χ0n) is 13.3. The Hall–Kier alpha value is -1.10. The van der Waals surface area contributed by atoms with Crippen LogP contribution in [0.15, 0.2) is 24.3 Å². The number of hydrogen-bond donors (Lipinski definition) is 2. The molecule has 5 heteroatoms. The van der Waals surface area contributed by atoms with Gasteiger partial charge in [0.2, 0.25) is 5.91 Å². The Morgan fingerprint density at radius 2 is 2.05 bits per heavy atom. The van der Waals surface area contributed by atoms with Crippen LogP contribution in [0.1, 0.15) is 37.3 Å². The first kappa shape index (κ1) is 18.9. The van der Waals surface area contributed by atoms with Gasteiger partial charge in [-0.05, 0) is 49.9 Å². The molecule has 0 saturated carbocycles. The van der Waals surface area contributed by atoms with Gasteiger partial charge in [0.25, 0.3) is 0 Å². The van der Waals surface area contributed by atoms with Crippen LogP contribution >= 0.6 is 12.4 Å². The maximum atomic E-state index is 11.8. The summed E-state index contributed by atoms with van der Waals surface area (Å²) >= 11 is 0. The normalized spacial score (nSPS) is 17.0. The molecule has 1 aliphatic rings. The number of ether oxygens (including phenoxy) is 1. The van der Waals surface area contributed by atoms with E-state index in [-0.39, 0.29) is 18.3 Å². The van der Waals surface area contributed by atoms with Crippen LogP contribution in [0.5, 0.6) is 0 Å². The molecule has 1 aliphatic heterocycles. The highest BCUT2D eigenvalue weighted by Crippen LogP contribution is 2.14. The molecule has 0 aliphatic carbocycles. The molecule has 0 bridgehead atoms. The predicted octanol–water partition coefficient (Wildman–Crippen LogP) is 2.65. The van der Waals surface area contributed by atoms with E-state index in [0.29, 0.717) is 25.5 Å². The molecule has 0 aromatic heterocycles. The first-order valence-corrected chi connectivity index (χ1v) is 7.91. The summed E-state index contributed by atoms with van der Waals surface area (Å²) in [6.07, 6.45) is 2.83. The zero-order valence-corrected chi connectivity index (χ0v) is 14.1. The molecule has 1 amide bonds. The van der Waals surface area contributed by atoms with Crippen molar-refractivity contribution in [3.63, 3.8) is 0 Å². The average molecular weight is 327 g/mol. The van der Waals surface area contributed by atoms with Gasteiger partial charge < -0.3 is 15.4 Å². The fourth-order valence-electron chi connectivity index (χ4n) is 2.56. The number of halogens is 1. The highest BCUT2D eigenvalue weighted by atomic mass is 35.5. The Kier molecular flexibility index (Phi) is 9.13. The van der Waals surface area contributed by atoms with Crippen molar-refractivity contribution in [3.05, 3.63) is 35.4 Å². The first-order chi connectivity index (χ1) is 10.3. The standard InChI is InChI=1S/C17H26N2O2.ClH/c1-2-21-13-16-5-3-14(4-6-16)12-19-17(20)8-7-15-9-10-18-11-15;/h3-6,15,18H,2,7-13H2,1H3,(H,19,20);1H. The molecule has 124 valence electrons. The Bertz CT molecular complexity index is 431. The largest absolute Gasteiger partial charge is 0.377 e. The summed E-state index contributed by atoms with van der Waals surface area (Å²) in [4.78, 5) is 11.8. The van der Waals surface area contributed by atoms with Gasteiger partial charge in [-0.3, -0.25) is 4.79 Å². The summed E-state index contributed by atoms with van der Waals surface area (Å²) in [7, 11) is 0. The van der Waals surface area contributed by atoms with Crippen molar-refractivity contribution in [3.8, 4) is 0 Å². The third-order valence-electron chi connectivity index (χ3n) is 3.93. The van der Waals surface area contributed by atoms with Crippen LogP contribution in [-0.4, -0.2) is 25.6 Å². The number of amides is 1. The van der Waals surface area contributed by atoms with Gasteiger partial charge in [-0.25, -0.2) is 0 Å². The van der Waals surface area contributed by atoms with Crippen LogP contribution in [0.2, 0.25) is 0 Å². The maximum Gasteiger partial charge on any atom is 0.220 e. The second kappa shape index (κ2) is 10.6. The summed E-state index contributed by atoms with van der Waals surface area (Å²) in [5.74, 6) is 0.828. The molecule has 0 spiro atoms. The fourth-order valence-corrected chi connectivity index (χ4v) is 2.56. The average Bonchev–Trinajstić information content (AvgIpc) is 3.03. The molecule has 1 aromatic rings. The molecular formula is C17H27ClN2O2. The van der Waals surface area contributed by atoms with E-state index < -0.39 is 0 Å². The van der Waals surface area contributed by atoms with Gasteiger partial charge in [-0.1, -0.05) is 24.3 Å². The van der Waals surface area contributed by atoms with Crippen LogP contribution in [0.25, 0.3) is 0 Å². The number of rotatable bonds is 8. The molecule has 1 unspecified atom stereocenters. The molecule has 4 nitrogen and oxygen atoms in total. The number of carbonyl (C=O) groups is 1. The summed E-state index contributed by atoms with van der Waals surface area (Å²) in [6, 6.07) is 8.22. The third-order valence-corrected chi connectivity index (χ3v) is 3.93. The Morgan fingerprint density at radius 1 is 1.32 bits per heavy atom. The zero-order chi connectivity index (χ0) is 14.9. The van der Waals surface area contributed by atoms with Crippen molar-refractivity contribution >= 4 is 18.3 Å². The number of benzene rings is 1. The molecule has 1 fully saturated rings.